The first-order chi connectivity index (χ1) is 28.3. The minimum atomic E-state index is -4.37. The molecule has 0 aliphatic rings. The number of benzene rings is 3. The number of nitrogens with zero attached hydrogens (tertiary/aromatic N) is 12. The van der Waals surface area contributed by atoms with Crippen LogP contribution >= 0.6 is 0 Å². The van der Waals surface area contributed by atoms with Crippen molar-refractivity contribution in [3.8, 4) is 33.8 Å². The minimum Gasteiger partial charge on any atom is -0.197 e. The Hall–Kier alpha value is -7.32. The van der Waals surface area contributed by atoms with Crippen LogP contribution in [-0.4, -0.2) is 59.4 Å². The molecule has 3 aromatic carbocycles. The molecule has 0 spiro atoms. The van der Waals surface area contributed by atoms with E-state index in [1.54, 1.807) is 75.4 Å². The molecule has 0 amide bonds. The highest BCUT2D eigenvalue weighted by Crippen LogP contribution is 2.34. The molecule has 0 N–H and O–H groups in total. The lowest BCUT2D eigenvalue weighted by atomic mass is 10.1. The van der Waals surface area contributed by atoms with Gasteiger partial charge in [0.05, 0.1) is 33.8 Å². The Bertz CT molecular complexity index is 2650. The second kappa shape index (κ2) is 15.8. The van der Waals surface area contributed by atoms with E-state index in [0.29, 0.717) is 68.2 Å². The number of alkyl halides is 9. The number of aryl methyl sites for hydroxylation is 3. The van der Waals surface area contributed by atoms with Gasteiger partial charge in [0.2, 0.25) is 0 Å². The van der Waals surface area contributed by atoms with Gasteiger partial charge < -0.3 is 0 Å². The fourth-order valence-electron chi connectivity index (χ4n) is 5.71. The molecule has 0 aliphatic carbocycles. The summed E-state index contributed by atoms with van der Waals surface area (Å²) in [6, 6.07) is 25.1. The van der Waals surface area contributed by atoms with Crippen molar-refractivity contribution in [1.82, 2.24) is 59.4 Å². The van der Waals surface area contributed by atoms with Gasteiger partial charge in [0.15, 0.2) is 34.4 Å². The Morgan fingerprint density at radius 1 is 0.350 bits per heavy atom. The van der Waals surface area contributed by atoms with Crippen LogP contribution < -0.4 is 0 Å². The van der Waals surface area contributed by atoms with Gasteiger partial charge in [-0.15, -0.1) is 30.6 Å². The van der Waals surface area contributed by atoms with Crippen molar-refractivity contribution in [3.05, 3.63) is 143 Å². The summed E-state index contributed by atoms with van der Waals surface area (Å²) in [6.07, 6.45) is -13.1. The SMILES string of the molecule is Cc1nnc2ccc(-c3cccc(C(F)(F)F)c3)nn12.Cc1nnc2ccc(-c3cccc(C(F)(F)F)c3)nn12.Cc1nnc2ccc(-c3cccc(C(F)(F)F)c3)nn12. The summed E-state index contributed by atoms with van der Waals surface area (Å²) in [6.45, 7) is 5.18. The zero-order chi connectivity index (χ0) is 43.0. The largest absolute Gasteiger partial charge is 0.416 e. The monoisotopic (exact) mass is 834 g/mol. The van der Waals surface area contributed by atoms with Crippen molar-refractivity contribution in [1.29, 1.82) is 0 Å². The lowest BCUT2D eigenvalue weighted by Crippen LogP contribution is -2.05. The summed E-state index contributed by atoms with van der Waals surface area (Å²) in [5.74, 6) is 1.73. The van der Waals surface area contributed by atoms with Crippen LogP contribution in [0.5, 0.6) is 0 Å². The summed E-state index contributed by atoms with van der Waals surface area (Å²) >= 11 is 0. The third-order valence-electron chi connectivity index (χ3n) is 8.71. The van der Waals surface area contributed by atoms with Crippen molar-refractivity contribution in [2.45, 2.75) is 39.3 Å². The van der Waals surface area contributed by atoms with Gasteiger partial charge in [0.25, 0.3) is 0 Å². The highest BCUT2D eigenvalue weighted by molar-refractivity contribution is 5.63. The number of fused-ring (bicyclic) bond motifs is 3. The number of hydrogen-bond donors (Lipinski definition) is 0. The van der Waals surface area contributed by atoms with Crippen LogP contribution in [0, 0.1) is 20.8 Å². The second-order valence-corrected chi connectivity index (χ2v) is 12.9. The molecule has 6 heterocycles. The Labute approximate surface area is 332 Å². The Kier molecular flexibility index (Phi) is 10.8. The molecule has 21 heteroatoms. The number of hydrogen-bond acceptors (Lipinski definition) is 9. The highest BCUT2D eigenvalue weighted by atomic mass is 19.4. The molecule has 0 unspecified atom stereocenters. The maximum Gasteiger partial charge on any atom is 0.416 e. The molecule has 0 bridgehead atoms. The summed E-state index contributed by atoms with van der Waals surface area (Å²) in [5.41, 5.74) is 2.07. The van der Waals surface area contributed by atoms with Crippen molar-refractivity contribution in [3.63, 3.8) is 0 Å². The number of halogens is 9. The maximum absolute atomic E-state index is 12.7. The predicted octanol–water partition coefficient (Wildman–Crippen LogP) is 9.36. The van der Waals surface area contributed by atoms with E-state index in [1.165, 1.54) is 31.7 Å². The van der Waals surface area contributed by atoms with Crippen LogP contribution in [0.1, 0.15) is 34.2 Å². The van der Waals surface area contributed by atoms with E-state index in [1.807, 2.05) is 0 Å². The first kappa shape index (κ1) is 40.9. The second-order valence-electron chi connectivity index (χ2n) is 12.9. The fourth-order valence-corrected chi connectivity index (χ4v) is 5.71. The average molecular weight is 835 g/mol. The van der Waals surface area contributed by atoms with Crippen molar-refractivity contribution in [2.24, 2.45) is 0 Å². The molecule has 60 heavy (non-hydrogen) atoms. The molecule has 9 rings (SSSR count). The van der Waals surface area contributed by atoms with Gasteiger partial charge in [-0.25, -0.2) is 0 Å². The lowest BCUT2D eigenvalue weighted by molar-refractivity contribution is -0.138. The van der Waals surface area contributed by atoms with Crippen molar-refractivity contribution >= 4 is 16.9 Å². The Morgan fingerprint density at radius 2 is 0.617 bits per heavy atom. The summed E-state index contributed by atoms with van der Waals surface area (Å²) in [5, 5.41) is 36.0. The molecule has 0 radical (unpaired) electrons. The standard InChI is InChI=1S/3C13H9F3N4/c3*1-8-17-18-12-6-5-11(19-20(8)12)9-3-2-4-10(7-9)13(14,15)16/h3*2-7H,1H3. The van der Waals surface area contributed by atoms with Gasteiger partial charge in [0, 0.05) is 16.7 Å². The Balaban J connectivity index is 0.000000136. The smallest absolute Gasteiger partial charge is 0.197 e. The van der Waals surface area contributed by atoms with Gasteiger partial charge >= 0.3 is 18.5 Å². The van der Waals surface area contributed by atoms with Crippen LogP contribution in [0.15, 0.2) is 109 Å². The fraction of sp³-hybridized carbons (Fsp3) is 0.154. The van der Waals surface area contributed by atoms with E-state index in [9.17, 15) is 39.5 Å². The lowest BCUT2D eigenvalue weighted by Gasteiger charge is -2.08. The molecule has 0 fully saturated rings. The van der Waals surface area contributed by atoms with Crippen molar-refractivity contribution in [2.75, 3.05) is 0 Å². The van der Waals surface area contributed by atoms with Gasteiger partial charge in [-0.2, -0.15) is 68.4 Å². The maximum atomic E-state index is 12.7. The van der Waals surface area contributed by atoms with Gasteiger partial charge in [0.1, 0.15) is 0 Å². The van der Waals surface area contributed by atoms with E-state index in [0.717, 1.165) is 36.4 Å². The van der Waals surface area contributed by atoms with Crippen LogP contribution in [-0.2, 0) is 18.5 Å². The molecule has 0 atom stereocenters. The summed E-state index contributed by atoms with van der Waals surface area (Å²) < 4.78 is 119. The zero-order valence-electron chi connectivity index (χ0n) is 31.2. The molecule has 9 aromatic rings. The molecular formula is C39H27F9N12. The molecule has 306 valence electrons. The van der Waals surface area contributed by atoms with Crippen molar-refractivity contribution < 1.29 is 39.5 Å². The molecular weight excluding hydrogens is 807 g/mol. The van der Waals surface area contributed by atoms with Crippen LogP contribution in [0.25, 0.3) is 50.7 Å². The average Bonchev–Trinajstić information content (AvgIpc) is 3.92. The molecule has 6 aromatic heterocycles. The van der Waals surface area contributed by atoms with Gasteiger partial charge in [-0.3, -0.25) is 0 Å². The quantitative estimate of drug-likeness (QED) is 0.160. The summed E-state index contributed by atoms with van der Waals surface area (Å²) in [7, 11) is 0. The first-order valence-corrected chi connectivity index (χ1v) is 17.5. The van der Waals surface area contributed by atoms with E-state index < -0.39 is 35.2 Å². The van der Waals surface area contributed by atoms with E-state index in [2.05, 4.69) is 45.9 Å². The van der Waals surface area contributed by atoms with E-state index >= 15 is 0 Å². The number of aromatic nitrogens is 12. The number of rotatable bonds is 3. The third kappa shape index (κ3) is 8.88. The molecule has 0 aliphatic heterocycles. The molecule has 0 saturated heterocycles. The van der Waals surface area contributed by atoms with Crippen LogP contribution in [0.3, 0.4) is 0 Å². The zero-order valence-corrected chi connectivity index (χ0v) is 31.2. The van der Waals surface area contributed by atoms with Crippen LogP contribution in [0.4, 0.5) is 39.5 Å². The molecule has 12 nitrogen and oxygen atoms in total. The summed E-state index contributed by atoms with van der Waals surface area (Å²) in [4.78, 5) is 0. The normalized spacial score (nSPS) is 12.0. The van der Waals surface area contributed by atoms with Gasteiger partial charge in [-0.1, -0.05) is 36.4 Å². The Morgan fingerprint density at radius 3 is 0.867 bits per heavy atom. The van der Waals surface area contributed by atoms with E-state index in [4.69, 9.17) is 0 Å². The first-order valence-electron chi connectivity index (χ1n) is 17.5. The predicted molar refractivity (Wildman–Crippen MR) is 198 cm³/mol. The van der Waals surface area contributed by atoms with E-state index in [-0.39, 0.29) is 0 Å². The van der Waals surface area contributed by atoms with Gasteiger partial charge in [-0.05, 0) is 93.6 Å². The minimum absolute atomic E-state index is 0.398. The topological polar surface area (TPSA) is 129 Å². The third-order valence-corrected chi connectivity index (χ3v) is 8.71. The molecule has 0 saturated carbocycles. The van der Waals surface area contributed by atoms with Crippen LogP contribution in [0.2, 0.25) is 0 Å². The highest BCUT2D eigenvalue weighted by Gasteiger charge is 2.32.